The van der Waals surface area contributed by atoms with E-state index in [4.69, 9.17) is 16.3 Å². The summed E-state index contributed by atoms with van der Waals surface area (Å²) in [6, 6.07) is 17.6. The molecule has 1 saturated heterocycles. The number of halogens is 1. The molecule has 1 aliphatic heterocycles. The molecule has 28 heavy (non-hydrogen) atoms. The molecule has 2 heterocycles. The Morgan fingerprint density at radius 2 is 1.86 bits per heavy atom. The van der Waals surface area contributed by atoms with Crippen LogP contribution in [0.2, 0.25) is 5.15 Å². The van der Waals surface area contributed by atoms with Crippen molar-refractivity contribution >= 4 is 28.4 Å². The average molecular weight is 395 g/mol. The topological polar surface area (TPSA) is 42.4 Å². The fourth-order valence-corrected chi connectivity index (χ4v) is 4.13. The highest BCUT2D eigenvalue weighted by molar-refractivity contribution is 6.30. The first-order chi connectivity index (χ1) is 13.6. The van der Waals surface area contributed by atoms with E-state index < -0.39 is 0 Å². The normalized spacial score (nSPS) is 15.0. The standard InChI is InChI=1S/C23H23ClN2O2/c1-28-18-8-6-16(7-9-18)14-17-10-12-26(13-11-17)23(27)20-15-22(24)25-21-5-3-2-4-19(20)21/h2-9,15,17H,10-14H2,1H3. The summed E-state index contributed by atoms with van der Waals surface area (Å²) in [7, 11) is 1.68. The number of pyridine rings is 1. The number of hydrogen-bond acceptors (Lipinski definition) is 3. The molecule has 0 bridgehead atoms. The lowest BCUT2D eigenvalue weighted by atomic mass is 9.90. The first-order valence-corrected chi connectivity index (χ1v) is 9.99. The minimum Gasteiger partial charge on any atom is -0.497 e. The summed E-state index contributed by atoms with van der Waals surface area (Å²) >= 11 is 6.15. The number of likely N-dealkylation sites (tertiary alicyclic amines) is 1. The second kappa shape index (κ2) is 8.19. The molecule has 0 saturated carbocycles. The summed E-state index contributed by atoms with van der Waals surface area (Å²) in [5.74, 6) is 1.52. The van der Waals surface area contributed by atoms with Crippen molar-refractivity contribution in [3.8, 4) is 5.75 Å². The van der Waals surface area contributed by atoms with E-state index in [1.807, 2.05) is 41.3 Å². The molecule has 5 heteroatoms. The minimum absolute atomic E-state index is 0.0448. The molecule has 1 amide bonds. The van der Waals surface area contributed by atoms with Crippen LogP contribution in [0.25, 0.3) is 10.9 Å². The average Bonchev–Trinajstić information content (AvgIpc) is 2.73. The van der Waals surface area contributed by atoms with E-state index in [-0.39, 0.29) is 5.91 Å². The van der Waals surface area contributed by atoms with Crippen LogP contribution in [0, 0.1) is 5.92 Å². The molecule has 2 aromatic carbocycles. The number of carbonyl (C=O) groups is 1. The van der Waals surface area contributed by atoms with Gasteiger partial charge in [0.1, 0.15) is 10.9 Å². The van der Waals surface area contributed by atoms with Crippen LogP contribution in [0.4, 0.5) is 0 Å². The van der Waals surface area contributed by atoms with Crippen molar-refractivity contribution in [2.75, 3.05) is 20.2 Å². The van der Waals surface area contributed by atoms with Crippen LogP contribution >= 0.6 is 11.6 Å². The molecule has 1 fully saturated rings. The van der Waals surface area contributed by atoms with E-state index in [1.54, 1.807) is 13.2 Å². The molecule has 0 spiro atoms. The summed E-state index contributed by atoms with van der Waals surface area (Å²) in [6.07, 6.45) is 3.05. The van der Waals surface area contributed by atoms with Gasteiger partial charge in [-0.05, 0) is 55.0 Å². The van der Waals surface area contributed by atoms with Crippen LogP contribution in [-0.2, 0) is 6.42 Å². The Morgan fingerprint density at radius 1 is 1.14 bits per heavy atom. The number of para-hydroxylation sites is 1. The predicted octanol–water partition coefficient (Wildman–Crippen LogP) is 4.99. The molecule has 0 atom stereocenters. The Kier molecular flexibility index (Phi) is 5.49. The number of methoxy groups -OCH3 is 1. The van der Waals surface area contributed by atoms with E-state index in [0.29, 0.717) is 16.6 Å². The van der Waals surface area contributed by atoms with Gasteiger partial charge in [0.05, 0.1) is 18.2 Å². The maximum absolute atomic E-state index is 13.1. The van der Waals surface area contributed by atoms with E-state index in [2.05, 4.69) is 17.1 Å². The third kappa shape index (κ3) is 3.97. The third-order valence-electron chi connectivity index (χ3n) is 5.50. The molecule has 0 aliphatic carbocycles. The Bertz CT molecular complexity index is 980. The zero-order valence-corrected chi connectivity index (χ0v) is 16.7. The highest BCUT2D eigenvalue weighted by Gasteiger charge is 2.25. The summed E-state index contributed by atoms with van der Waals surface area (Å²) < 4.78 is 5.22. The number of aromatic nitrogens is 1. The molecule has 0 unspecified atom stereocenters. The first kappa shape index (κ1) is 18.8. The zero-order chi connectivity index (χ0) is 19.5. The van der Waals surface area contributed by atoms with Crippen LogP contribution in [0.15, 0.2) is 54.6 Å². The molecule has 1 aliphatic rings. The van der Waals surface area contributed by atoms with Gasteiger partial charge in [-0.25, -0.2) is 4.98 Å². The van der Waals surface area contributed by atoms with Crippen molar-refractivity contribution < 1.29 is 9.53 Å². The Balaban J connectivity index is 1.43. The first-order valence-electron chi connectivity index (χ1n) is 9.61. The van der Waals surface area contributed by atoms with Crippen molar-refractivity contribution in [1.29, 1.82) is 0 Å². The monoisotopic (exact) mass is 394 g/mol. The highest BCUT2D eigenvalue weighted by Crippen LogP contribution is 2.27. The van der Waals surface area contributed by atoms with Crippen molar-refractivity contribution in [2.45, 2.75) is 19.3 Å². The van der Waals surface area contributed by atoms with Gasteiger partial charge < -0.3 is 9.64 Å². The molecule has 0 radical (unpaired) electrons. The van der Waals surface area contributed by atoms with Gasteiger partial charge in [0.2, 0.25) is 0 Å². The molecule has 1 aromatic heterocycles. The largest absolute Gasteiger partial charge is 0.497 e. The van der Waals surface area contributed by atoms with Gasteiger partial charge in [0.15, 0.2) is 0 Å². The number of amides is 1. The summed E-state index contributed by atoms with van der Waals surface area (Å²) in [6.45, 7) is 1.54. The maximum atomic E-state index is 13.1. The Hall–Kier alpha value is -2.59. The number of rotatable bonds is 4. The summed E-state index contributed by atoms with van der Waals surface area (Å²) in [4.78, 5) is 19.4. The van der Waals surface area contributed by atoms with Crippen LogP contribution in [0.5, 0.6) is 5.75 Å². The molecular formula is C23H23ClN2O2. The number of carbonyl (C=O) groups excluding carboxylic acids is 1. The van der Waals surface area contributed by atoms with Crippen molar-refractivity contribution in [3.05, 3.63) is 70.9 Å². The van der Waals surface area contributed by atoms with Gasteiger partial charge >= 0.3 is 0 Å². The van der Waals surface area contributed by atoms with E-state index >= 15 is 0 Å². The minimum atomic E-state index is 0.0448. The quantitative estimate of drug-likeness (QED) is 0.585. The van der Waals surface area contributed by atoms with Gasteiger partial charge in [-0.3, -0.25) is 4.79 Å². The Labute approximate surface area is 170 Å². The summed E-state index contributed by atoms with van der Waals surface area (Å²) in [5, 5.41) is 1.22. The maximum Gasteiger partial charge on any atom is 0.254 e. The predicted molar refractivity (Wildman–Crippen MR) is 112 cm³/mol. The lowest BCUT2D eigenvalue weighted by molar-refractivity contribution is 0.0692. The molecule has 3 aromatic rings. The molecule has 4 rings (SSSR count). The fourth-order valence-electron chi connectivity index (χ4n) is 3.93. The molecule has 144 valence electrons. The number of hydrogen-bond donors (Lipinski definition) is 0. The highest BCUT2D eigenvalue weighted by atomic mass is 35.5. The molecule has 4 nitrogen and oxygen atoms in total. The lowest BCUT2D eigenvalue weighted by Gasteiger charge is -2.32. The summed E-state index contributed by atoms with van der Waals surface area (Å²) in [5.41, 5.74) is 2.72. The molecular weight excluding hydrogens is 372 g/mol. The van der Waals surface area contributed by atoms with Crippen molar-refractivity contribution in [3.63, 3.8) is 0 Å². The number of nitrogens with zero attached hydrogens (tertiary/aromatic N) is 2. The van der Waals surface area contributed by atoms with Crippen LogP contribution < -0.4 is 4.74 Å². The van der Waals surface area contributed by atoms with Crippen LogP contribution in [-0.4, -0.2) is 36.0 Å². The van der Waals surface area contributed by atoms with Crippen molar-refractivity contribution in [1.82, 2.24) is 9.88 Å². The van der Waals surface area contributed by atoms with Crippen LogP contribution in [0.3, 0.4) is 0 Å². The number of fused-ring (bicyclic) bond motifs is 1. The number of piperidine rings is 1. The van der Waals surface area contributed by atoms with Gasteiger partial charge in [0, 0.05) is 18.5 Å². The second-order valence-electron chi connectivity index (χ2n) is 7.30. The van der Waals surface area contributed by atoms with Crippen molar-refractivity contribution in [2.24, 2.45) is 5.92 Å². The lowest BCUT2D eigenvalue weighted by Crippen LogP contribution is -2.39. The van der Waals surface area contributed by atoms with E-state index in [0.717, 1.165) is 49.0 Å². The van der Waals surface area contributed by atoms with Crippen LogP contribution in [0.1, 0.15) is 28.8 Å². The number of ether oxygens (including phenoxy) is 1. The van der Waals surface area contributed by atoms with E-state index in [1.165, 1.54) is 5.56 Å². The molecule has 0 N–H and O–H groups in total. The second-order valence-corrected chi connectivity index (χ2v) is 7.68. The van der Waals surface area contributed by atoms with Gasteiger partial charge in [0.25, 0.3) is 5.91 Å². The van der Waals surface area contributed by atoms with Gasteiger partial charge in [-0.1, -0.05) is 41.9 Å². The fraction of sp³-hybridized carbons (Fsp3) is 0.304. The SMILES string of the molecule is COc1ccc(CC2CCN(C(=O)c3cc(Cl)nc4ccccc34)CC2)cc1. The number of benzene rings is 2. The zero-order valence-electron chi connectivity index (χ0n) is 15.9. The third-order valence-corrected chi connectivity index (χ3v) is 5.69. The van der Waals surface area contributed by atoms with Gasteiger partial charge in [-0.15, -0.1) is 0 Å². The van der Waals surface area contributed by atoms with E-state index in [9.17, 15) is 4.79 Å². The smallest absolute Gasteiger partial charge is 0.254 e. The Morgan fingerprint density at radius 3 is 2.57 bits per heavy atom. The van der Waals surface area contributed by atoms with Gasteiger partial charge in [-0.2, -0.15) is 0 Å².